The van der Waals surface area contributed by atoms with Gasteiger partial charge in [0, 0.05) is 43.5 Å². The number of rotatable bonds is 9. The second kappa shape index (κ2) is 10.2. The summed E-state index contributed by atoms with van der Waals surface area (Å²) < 4.78 is 16.5. The van der Waals surface area contributed by atoms with Crippen LogP contribution >= 0.6 is 23.2 Å². The van der Waals surface area contributed by atoms with E-state index < -0.39 is 5.97 Å². The quantitative estimate of drug-likeness (QED) is 0.457. The Kier molecular flexibility index (Phi) is 7.91. The number of carboxylic acid groups (broad SMARTS) is 1. The number of aliphatic carboxylic acids is 1. The van der Waals surface area contributed by atoms with Gasteiger partial charge >= 0.3 is 5.97 Å². The zero-order valence-electron chi connectivity index (χ0n) is 14.9. The lowest BCUT2D eigenvalue weighted by Gasteiger charge is -2.13. The number of benzene rings is 1. The average molecular weight is 412 g/mol. The number of methoxy groups -OCH3 is 1. The van der Waals surface area contributed by atoms with E-state index in [0.29, 0.717) is 35.3 Å². The molecule has 0 spiro atoms. The molecule has 0 aliphatic rings. The van der Waals surface area contributed by atoms with Crippen LogP contribution in [0.4, 0.5) is 0 Å². The third-order valence-corrected chi connectivity index (χ3v) is 3.91. The van der Waals surface area contributed by atoms with Crippen LogP contribution in [0, 0.1) is 0 Å². The van der Waals surface area contributed by atoms with E-state index >= 15 is 0 Å². The van der Waals surface area contributed by atoms with E-state index in [1.54, 1.807) is 25.3 Å². The number of ether oxygens (including phenoxy) is 3. The van der Waals surface area contributed by atoms with Gasteiger partial charge in [-0.05, 0) is 31.2 Å². The molecule has 1 heterocycles. The average Bonchev–Trinajstić information content (AvgIpc) is 2.62. The summed E-state index contributed by atoms with van der Waals surface area (Å²) >= 11 is 12.0. The van der Waals surface area contributed by atoms with Gasteiger partial charge < -0.3 is 19.3 Å². The minimum Gasteiger partial charge on any atom is -0.493 e. The van der Waals surface area contributed by atoms with Crippen LogP contribution in [0.15, 0.2) is 36.0 Å². The van der Waals surface area contributed by atoms with Crippen LogP contribution in [-0.2, 0) is 9.53 Å². The second-order valence-corrected chi connectivity index (χ2v) is 6.41. The molecule has 2 rings (SSSR count). The van der Waals surface area contributed by atoms with E-state index in [2.05, 4.69) is 4.98 Å². The highest BCUT2D eigenvalue weighted by atomic mass is 35.5. The Bertz CT molecular complexity index is 839. The number of hydrogen-bond acceptors (Lipinski definition) is 5. The molecule has 0 saturated heterocycles. The molecular formula is C19H19Cl2NO5. The van der Waals surface area contributed by atoms with Gasteiger partial charge in [-0.15, -0.1) is 0 Å². The van der Waals surface area contributed by atoms with Crippen LogP contribution in [0.2, 0.25) is 10.0 Å². The number of nitrogens with zero attached hydrogens (tertiary/aromatic N) is 1. The van der Waals surface area contributed by atoms with Crippen molar-refractivity contribution in [1.29, 1.82) is 0 Å². The maximum absolute atomic E-state index is 11.1. The maximum Gasteiger partial charge on any atom is 0.331 e. The Morgan fingerprint density at radius 3 is 2.70 bits per heavy atom. The van der Waals surface area contributed by atoms with Crippen molar-refractivity contribution in [1.82, 2.24) is 4.98 Å². The molecule has 0 aliphatic carbocycles. The number of hydrogen-bond donors (Lipinski definition) is 1. The topological polar surface area (TPSA) is 77.9 Å². The monoisotopic (exact) mass is 411 g/mol. The Labute approximate surface area is 167 Å². The minimum absolute atomic E-state index is 0.153. The Hall–Kier alpha value is -2.28. The zero-order chi connectivity index (χ0) is 19.8. The first-order valence-electron chi connectivity index (χ1n) is 8.07. The van der Waals surface area contributed by atoms with Crippen LogP contribution < -0.4 is 9.47 Å². The second-order valence-electron chi connectivity index (χ2n) is 5.57. The maximum atomic E-state index is 11.1. The number of pyridine rings is 1. The molecule has 0 saturated carbocycles. The molecule has 0 atom stereocenters. The van der Waals surface area contributed by atoms with E-state index in [-0.39, 0.29) is 16.5 Å². The standard InChI is InChI=1S/C19H19Cl2NO5/c1-12(19(23)24)8-13-4-5-15(26-7-3-6-25-2)10-17(13)27-18-16(21)9-14(20)11-22-18/h4-5,8-11H,3,6-7H2,1-2H3,(H,23,24). The van der Waals surface area contributed by atoms with Crippen LogP contribution in [0.25, 0.3) is 6.08 Å². The summed E-state index contributed by atoms with van der Waals surface area (Å²) in [6, 6.07) is 6.60. The lowest BCUT2D eigenvalue weighted by Crippen LogP contribution is -2.02. The van der Waals surface area contributed by atoms with Gasteiger partial charge in [-0.1, -0.05) is 23.2 Å². The van der Waals surface area contributed by atoms with Crippen LogP contribution in [0.1, 0.15) is 18.9 Å². The molecule has 27 heavy (non-hydrogen) atoms. The molecule has 1 aromatic heterocycles. The van der Waals surface area contributed by atoms with E-state index in [0.717, 1.165) is 6.42 Å². The number of carbonyl (C=O) groups is 1. The molecular weight excluding hydrogens is 393 g/mol. The largest absolute Gasteiger partial charge is 0.493 e. The summed E-state index contributed by atoms with van der Waals surface area (Å²) in [4.78, 5) is 15.2. The summed E-state index contributed by atoms with van der Waals surface area (Å²) in [7, 11) is 1.63. The fourth-order valence-corrected chi connectivity index (χ4v) is 2.50. The lowest BCUT2D eigenvalue weighted by atomic mass is 10.1. The molecule has 1 N–H and O–H groups in total. The van der Waals surface area contributed by atoms with E-state index in [1.165, 1.54) is 25.3 Å². The third-order valence-electron chi connectivity index (χ3n) is 3.44. The fraction of sp³-hybridized carbons (Fsp3) is 0.263. The minimum atomic E-state index is -1.02. The molecule has 6 nitrogen and oxygen atoms in total. The van der Waals surface area contributed by atoms with Gasteiger partial charge in [0.25, 0.3) is 0 Å². The lowest BCUT2D eigenvalue weighted by molar-refractivity contribution is -0.132. The molecule has 0 unspecified atom stereocenters. The van der Waals surface area contributed by atoms with Gasteiger partial charge in [0.15, 0.2) is 0 Å². The zero-order valence-corrected chi connectivity index (χ0v) is 16.4. The summed E-state index contributed by atoms with van der Waals surface area (Å²) in [6.45, 7) is 2.55. The van der Waals surface area contributed by atoms with Crippen LogP contribution in [-0.4, -0.2) is 36.4 Å². The molecule has 0 amide bonds. The highest BCUT2D eigenvalue weighted by molar-refractivity contribution is 6.35. The Morgan fingerprint density at radius 1 is 1.26 bits per heavy atom. The van der Waals surface area contributed by atoms with Crippen molar-refractivity contribution in [3.8, 4) is 17.4 Å². The predicted octanol–water partition coefficient (Wildman–Crippen LogP) is 5.08. The summed E-state index contributed by atoms with van der Waals surface area (Å²) in [5.74, 6) is 0.0524. The van der Waals surface area contributed by atoms with Gasteiger partial charge in [0.2, 0.25) is 5.88 Å². The normalized spacial score (nSPS) is 11.3. The van der Waals surface area contributed by atoms with Crippen molar-refractivity contribution in [2.45, 2.75) is 13.3 Å². The van der Waals surface area contributed by atoms with Gasteiger partial charge in [0.05, 0.1) is 11.6 Å². The van der Waals surface area contributed by atoms with Crippen LogP contribution in [0.3, 0.4) is 0 Å². The van der Waals surface area contributed by atoms with Crippen molar-refractivity contribution in [2.75, 3.05) is 20.3 Å². The van der Waals surface area contributed by atoms with Crippen molar-refractivity contribution in [3.05, 3.63) is 51.6 Å². The molecule has 0 bridgehead atoms. The van der Waals surface area contributed by atoms with Crippen molar-refractivity contribution in [2.24, 2.45) is 0 Å². The van der Waals surface area contributed by atoms with Crippen molar-refractivity contribution in [3.63, 3.8) is 0 Å². The highest BCUT2D eigenvalue weighted by Gasteiger charge is 2.12. The predicted molar refractivity (Wildman–Crippen MR) is 104 cm³/mol. The van der Waals surface area contributed by atoms with Crippen molar-refractivity contribution < 1.29 is 24.1 Å². The first-order chi connectivity index (χ1) is 12.9. The van der Waals surface area contributed by atoms with Gasteiger partial charge in [-0.3, -0.25) is 0 Å². The molecule has 1 aromatic carbocycles. The van der Waals surface area contributed by atoms with Gasteiger partial charge in [-0.2, -0.15) is 0 Å². The van der Waals surface area contributed by atoms with Gasteiger partial charge in [0.1, 0.15) is 16.5 Å². The molecule has 2 aromatic rings. The summed E-state index contributed by atoms with van der Waals surface area (Å²) in [6.07, 6.45) is 3.64. The first kappa shape index (κ1) is 21.0. The molecule has 0 aliphatic heterocycles. The van der Waals surface area contributed by atoms with E-state index in [1.807, 2.05) is 0 Å². The Balaban J connectivity index is 2.33. The first-order valence-corrected chi connectivity index (χ1v) is 8.82. The SMILES string of the molecule is COCCCOc1ccc(C=C(C)C(=O)O)c(Oc2ncc(Cl)cc2Cl)c1. The fourth-order valence-electron chi connectivity index (χ4n) is 2.08. The van der Waals surface area contributed by atoms with E-state index in [4.69, 9.17) is 42.5 Å². The molecule has 8 heteroatoms. The molecule has 144 valence electrons. The summed E-state index contributed by atoms with van der Waals surface area (Å²) in [5, 5.41) is 9.74. The smallest absolute Gasteiger partial charge is 0.331 e. The molecule has 0 radical (unpaired) electrons. The van der Waals surface area contributed by atoms with Crippen LogP contribution in [0.5, 0.6) is 17.4 Å². The van der Waals surface area contributed by atoms with E-state index in [9.17, 15) is 4.79 Å². The molecule has 0 fully saturated rings. The van der Waals surface area contributed by atoms with Gasteiger partial charge in [-0.25, -0.2) is 9.78 Å². The number of carboxylic acids is 1. The number of aromatic nitrogens is 1. The number of halogens is 2. The Morgan fingerprint density at radius 2 is 2.04 bits per heavy atom. The van der Waals surface area contributed by atoms with Crippen molar-refractivity contribution >= 4 is 35.2 Å². The third kappa shape index (κ3) is 6.43. The highest BCUT2D eigenvalue weighted by Crippen LogP contribution is 2.34. The summed E-state index contributed by atoms with van der Waals surface area (Å²) in [5.41, 5.74) is 0.704.